The van der Waals surface area contributed by atoms with Crippen LogP contribution in [-0.4, -0.2) is 17.5 Å². The van der Waals surface area contributed by atoms with Gasteiger partial charge in [-0.05, 0) is 49.2 Å². The number of benzene rings is 1. The minimum atomic E-state index is -0.0936. The summed E-state index contributed by atoms with van der Waals surface area (Å²) in [4.78, 5) is 15.9. The van der Waals surface area contributed by atoms with Gasteiger partial charge < -0.3 is 10.1 Å². The number of anilines is 1. The van der Waals surface area contributed by atoms with Crippen LogP contribution in [0, 0.1) is 6.92 Å². The third-order valence-electron chi connectivity index (χ3n) is 2.88. The summed E-state index contributed by atoms with van der Waals surface area (Å²) in [5, 5.41) is 3.77. The van der Waals surface area contributed by atoms with Crippen molar-refractivity contribution in [1.29, 1.82) is 0 Å². The van der Waals surface area contributed by atoms with Gasteiger partial charge in [0.25, 0.3) is 0 Å². The normalized spacial score (nSPS) is 10.3. The fourth-order valence-corrected chi connectivity index (χ4v) is 2.28. The highest BCUT2D eigenvalue weighted by atomic mass is 35.5. The van der Waals surface area contributed by atoms with Crippen molar-refractivity contribution in [2.45, 2.75) is 19.8 Å². The van der Waals surface area contributed by atoms with E-state index in [-0.39, 0.29) is 5.91 Å². The Morgan fingerprint density at radius 2 is 2.09 bits per heavy atom. The summed E-state index contributed by atoms with van der Waals surface area (Å²) in [6.07, 6.45) is 2.59. The molecule has 0 saturated heterocycles. The third kappa shape index (κ3) is 5.20. The van der Waals surface area contributed by atoms with Crippen LogP contribution in [0.15, 0.2) is 36.5 Å². The number of halogens is 2. The van der Waals surface area contributed by atoms with Gasteiger partial charge in [-0.25, -0.2) is 4.98 Å². The van der Waals surface area contributed by atoms with Crippen LogP contribution < -0.4 is 10.1 Å². The average Bonchev–Trinajstić information content (AvgIpc) is 2.45. The first kappa shape index (κ1) is 16.6. The molecular weight excluding hydrogens is 323 g/mol. The van der Waals surface area contributed by atoms with Gasteiger partial charge >= 0.3 is 0 Å². The molecule has 1 aromatic carbocycles. The highest BCUT2D eigenvalue weighted by molar-refractivity contribution is 6.35. The molecule has 0 spiro atoms. The molecular formula is C16H16Cl2N2O2. The Kier molecular flexibility index (Phi) is 6.04. The van der Waals surface area contributed by atoms with Crippen molar-refractivity contribution in [2.24, 2.45) is 0 Å². The van der Waals surface area contributed by atoms with E-state index in [1.165, 1.54) is 0 Å². The molecule has 0 bridgehead atoms. The van der Waals surface area contributed by atoms with Crippen molar-refractivity contribution >= 4 is 34.9 Å². The Morgan fingerprint density at radius 1 is 1.27 bits per heavy atom. The smallest absolute Gasteiger partial charge is 0.225 e. The summed E-state index contributed by atoms with van der Waals surface area (Å²) >= 11 is 11.8. The zero-order valence-electron chi connectivity index (χ0n) is 12.1. The van der Waals surface area contributed by atoms with Crippen LogP contribution in [0.2, 0.25) is 10.0 Å². The van der Waals surface area contributed by atoms with Crippen molar-refractivity contribution in [3.63, 3.8) is 0 Å². The SMILES string of the molecule is Cc1ccnc(NC(=O)CCCOc2ccc(Cl)cc2Cl)c1. The van der Waals surface area contributed by atoms with E-state index in [0.29, 0.717) is 41.1 Å². The number of pyridine rings is 1. The fraction of sp³-hybridized carbons (Fsp3) is 0.250. The summed E-state index contributed by atoms with van der Waals surface area (Å²) in [6, 6.07) is 8.73. The standard InChI is InChI=1S/C16H16Cl2N2O2/c1-11-6-7-19-15(9-11)20-16(21)3-2-8-22-14-5-4-12(17)10-13(14)18/h4-7,9-10H,2-3,8H2,1H3,(H,19,20,21). The number of ether oxygens (including phenoxy) is 1. The second-order valence-corrected chi connectivity index (χ2v) is 5.64. The predicted molar refractivity (Wildman–Crippen MR) is 88.8 cm³/mol. The van der Waals surface area contributed by atoms with Gasteiger partial charge in [0.05, 0.1) is 11.6 Å². The largest absolute Gasteiger partial charge is 0.492 e. The zero-order valence-corrected chi connectivity index (χ0v) is 13.6. The molecule has 1 N–H and O–H groups in total. The minimum Gasteiger partial charge on any atom is -0.492 e. The quantitative estimate of drug-likeness (QED) is 0.789. The second kappa shape index (κ2) is 8.01. The lowest BCUT2D eigenvalue weighted by atomic mass is 10.3. The van der Waals surface area contributed by atoms with E-state index in [0.717, 1.165) is 5.56 Å². The number of amides is 1. The Labute approximate surface area is 139 Å². The number of nitrogens with zero attached hydrogens (tertiary/aromatic N) is 1. The van der Waals surface area contributed by atoms with Crippen LogP contribution in [0.3, 0.4) is 0 Å². The Morgan fingerprint density at radius 3 is 2.82 bits per heavy atom. The molecule has 0 fully saturated rings. The van der Waals surface area contributed by atoms with Crippen LogP contribution in [0.5, 0.6) is 5.75 Å². The van der Waals surface area contributed by atoms with E-state index >= 15 is 0 Å². The van der Waals surface area contributed by atoms with Crippen LogP contribution in [0.1, 0.15) is 18.4 Å². The van der Waals surface area contributed by atoms with Crippen LogP contribution in [0.4, 0.5) is 5.82 Å². The molecule has 1 heterocycles. The van der Waals surface area contributed by atoms with Crippen molar-refractivity contribution < 1.29 is 9.53 Å². The molecule has 0 aliphatic rings. The molecule has 2 rings (SSSR count). The maximum Gasteiger partial charge on any atom is 0.225 e. The number of hydrogen-bond donors (Lipinski definition) is 1. The molecule has 0 aliphatic carbocycles. The van der Waals surface area contributed by atoms with E-state index in [4.69, 9.17) is 27.9 Å². The minimum absolute atomic E-state index is 0.0936. The molecule has 0 saturated carbocycles. The van der Waals surface area contributed by atoms with Gasteiger partial charge in [-0.3, -0.25) is 4.79 Å². The Balaban J connectivity index is 1.73. The monoisotopic (exact) mass is 338 g/mol. The summed E-state index contributed by atoms with van der Waals surface area (Å²) < 4.78 is 5.53. The lowest BCUT2D eigenvalue weighted by Crippen LogP contribution is -2.13. The fourth-order valence-electron chi connectivity index (χ4n) is 1.82. The summed E-state index contributed by atoms with van der Waals surface area (Å²) in [5.74, 6) is 1.03. The van der Waals surface area contributed by atoms with Gasteiger partial charge in [-0.15, -0.1) is 0 Å². The molecule has 22 heavy (non-hydrogen) atoms. The van der Waals surface area contributed by atoms with Gasteiger partial charge in [0.15, 0.2) is 0 Å². The molecule has 0 atom stereocenters. The number of hydrogen-bond acceptors (Lipinski definition) is 3. The third-order valence-corrected chi connectivity index (χ3v) is 3.41. The highest BCUT2D eigenvalue weighted by Gasteiger charge is 2.05. The van der Waals surface area contributed by atoms with Gasteiger partial charge in [0.1, 0.15) is 11.6 Å². The van der Waals surface area contributed by atoms with Crippen molar-refractivity contribution in [1.82, 2.24) is 4.98 Å². The topological polar surface area (TPSA) is 51.2 Å². The summed E-state index contributed by atoms with van der Waals surface area (Å²) in [5.41, 5.74) is 1.05. The van der Waals surface area contributed by atoms with Crippen LogP contribution in [0.25, 0.3) is 0 Å². The maximum atomic E-state index is 11.8. The van der Waals surface area contributed by atoms with E-state index in [2.05, 4.69) is 10.3 Å². The van der Waals surface area contributed by atoms with E-state index in [1.807, 2.05) is 19.1 Å². The van der Waals surface area contributed by atoms with E-state index in [9.17, 15) is 4.79 Å². The maximum absolute atomic E-state index is 11.8. The number of carbonyl (C=O) groups is 1. The molecule has 0 aliphatic heterocycles. The molecule has 4 nitrogen and oxygen atoms in total. The van der Waals surface area contributed by atoms with Gasteiger partial charge in [-0.2, -0.15) is 0 Å². The summed E-state index contributed by atoms with van der Waals surface area (Å²) in [7, 11) is 0. The first-order chi connectivity index (χ1) is 10.5. The number of aryl methyl sites for hydroxylation is 1. The molecule has 1 aromatic heterocycles. The molecule has 0 radical (unpaired) electrons. The zero-order chi connectivity index (χ0) is 15.9. The lowest BCUT2D eigenvalue weighted by molar-refractivity contribution is -0.116. The number of aromatic nitrogens is 1. The molecule has 2 aromatic rings. The first-order valence-electron chi connectivity index (χ1n) is 6.85. The van der Waals surface area contributed by atoms with Crippen LogP contribution >= 0.6 is 23.2 Å². The van der Waals surface area contributed by atoms with Gasteiger partial charge in [0, 0.05) is 17.6 Å². The van der Waals surface area contributed by atoms with Gasteiger partial charge in [-0.1, -0.05) is 23.2 Å². The number of nitrogens with one attached hydrogen (secondary N) is 1. The average molecular weight is 339 g/mol. The molecule has 0 unspecified atom stereocenters. The number of rotatable bonds is 6. The molecule has 6 heteroatoms. The molecule has 116 valence electrons. The van der Waals surface area contributed by atoms with Crippen molar-refractivity contribution in [3.05, 3.63) is 52.1 Å². The van der Waals surface area contributed by atoms with E-state index < -0.39 is 0 Å². The van der Waals surface area contributed by atoms with E-state index in [1.54, 1.807) is 24.4 Å². The predicted octanol–water partition coefficient (Wildman–Crippen LogP) is 4.49. The van der Waals surface area contributed by atoms with Crippen LogP contribution in [-0.2, 0) is 4.79 Å². The second-order valence-electron chi connectivity index (χ2n) is 4.79. The lowest BCUT2D eigenvalue weighted by Gasteiger charge is -2.08. The van der Waals surface area contributed by atoms with Crippen molar-refractivity contribution in [3.8, 4) is 5.75 Å². The van der Waals surface area contributed by atoms with Crippen molar-refractivity contribution in [2.75, 3.05) is 11.9 Å². The first-order valence-corrected chi connectivity index (χ1v) is 7.60. The summed E-state index contributed by atoms with van der Waals surface area (Å²) in [6.45, 7) is 2.34. The Hall–Kier alpha value is -1.78. The number of carbonyl (C=O) groups excluding carboxylic acids is 1. The highest BCUT2D eigenvalue weighted by Crippen LogP contribution is 2.27. The molecule has 1 amide bonds. The van der Waals surface area contributed by atoms with Gasteiger partial charge in [0.2, 0.25) is 5.91 Å². The Bertz CT molecular complexity index is 662.